The molecule has 0 aliphatic rings. The molecule has 0 amide bonds. The van der Waals surface area contributed by atoms with Gasteiger partial charge in [-0.3, -0.25) is 4.79 Å². The van der Waals surface area contributed by atoms with E-state index in [1.54, 1.807) is 6.92 Å². The molecule has 0 aromatic carbocycles. The van der Waals surface area contributed by atoms with Gasteiger partial charge >= 0.3 is 5.97 Å². The summed E-state index contributed by atoms with van der Waals surface area (Å²) in [5.41, 5.74) is 7.99. The van der Waals surface area contributed by atoms with E-state index in [0.717, 1.165) is 6.42 Å². The van der Waals surface area contributed by atoms with Crippen molar-refractivity contribution in [2.75, 3.05) is 13.2 Å². The number of hydrogen-bond donors (Lipinski definition) is 0. The van der Waals surface area contributed by atoms with E-state index in [9.17, 15) is 4.79 Å². The molecule has 0 spiro atoms. The van der Waals surface area contributed by atoms with Crippen LogP contribution in [0.15, 0.2) is 5.11 Å². The van der Waals surface area contributed by atoms with Gasteiger partial charge in [0.25, 0.3) is 0 Å². The SMILES string of the molecule is CCOC(=O)C(C)CCCN=[N+]=[N-]. The minimum Gasteiger partial charge on any atom is -0.466 e. The number of carbonyl (C=O) groups excluding carboxylic acids is 1. The third-order valence-electron chi connectivity index (χ3n) is 1.65. The van der Waals surface area contributed by atoms with Crippen LogP contribution in [0.2, 0.25) is 0 Å². The molecule has 0 rings (SSSR count). The molecule has 0 N–H and O–H groups in total. The number of carbonyl (C=O) groups is 1. The minimum absolute atomic E-state index is 0.103. The molecule has 0 bridgehead atoms. The van der Waals surface area contributed by atoms with Crippen LogP contribution in [0.1, 0.15) is 26.7 Å². The highest BCUT2D eigenvalue weighted by atomic mass is 16.5. The summed E-state index contributed by atoms with van der Waals surface area (Å²) in [5.74, 6) is -0.280. The molecule has 5 heteroatoms. The molecule has 0 heterocycles. The predicted octanol–water partition coefficient (Wildman–Crippen LogP) is 2.28. The number of rotatable bonds is 6. The van der Waals surface area contributed by atoms with Crippen LogP contribution >= 0.6 is 0 Å². The van der Waals surface area contributed by atoms with E-state index >= 15 is 0 Å². The molecule has 0 aliphatic heterocycles. The van der Waals surface area contributed by atoms with Crippen molar-refractivity contribution in [2.45, 2.75) is 26.7 Å². The Labute approximate surface area is 77.7 Å². The fraction of sp³-hybridized carbons (Fsp3) is 0.875. The van der Waals surface area contributed by atoms with Gasteiger partial charge in [0.15, 0.2) is 0 Å². The second-order valence-electron chi connectivity index (χ2n) is 2.75. The lowest BCUT2D eigenvalue weighted by Gasteiger charge is -2.08. The molecule has 1 unspecified atom stereocenters. The zero-order valence-corrected chi connectivity index (χ0v) is 8.06. The van der Waals surface area contributed by atoms with Crippen LogP contribution in [0.3, 0.4) is 0 Å². The van der Waals surface area contributed by atoms with Gasteiger partial charge in [-0.15, -0.1) is 0 Å². The zero-order chi connectivity index (χ0) is 10.1. The summed E-state index contributed by atoms with van der Waals surface area (Å²) in [5, 5.41) is 3.38. The Morgan fingerprint density at radius 2 is 2.38 bits per heavy atom. The van der Waals surface area contributed by atoms with Gasteiger partial charge in [-0.05, 0) is 25.3 Å². The van der Waals surface area contributed by atoms with Gasteiger partial charge in [-0.25, -0.2) is 0 Å². The van der Waals surface area contributed by atoms with Crippen molar-refractivity contribution < 1.29 is 9.53 Å². The number of azide groups is 1. The smallest absolute Gasteiger partial charge is 0.308 e. The van der Waals surface area contributed by atoms with Gasteiger partial charge in [0.05, 0.1) is 12.5 Å². The first-order valence-electron chi connectivity index (χ1n) is 4.39. The van der Waals surface area contributed by atoms with Crippen molar-refractivity contribution in [3.63, 3.8) is 0 Å². The molecule has 0 aliphatic carbocycles. The summed E-state index contributed by atoms with van der Waals surface area (Å²) in [6.45, 7) is 4.46. The Kier molecular flexibility index (Phi) is 6.73. The van der Waals surface area contributed by atoms with E-state index in [1.807, 2.05) is 6.92 Å². The topological polar surface area (TPSA) is 75.1 Å². The molecular formula is C8H15N3O2. The molecule has 5 nitrogen and oxygen atoms in total. The summed E-state index contributed by atoms with van der Waals surface area (Å²) < 4.78 is 4.82. The second-order valence-corrected chi connectivity index (χ2v) is 2.75. The van der Waals surface area contributed by atoms with Crippen LogP contribution in [0.5, 0.6) is 0 Å². The Morgan fingerprint density at radius 3 is 2.92 bits per heavy atom. The molecule has 0 aromatic rings. The van der Waals surface area contributed by atoms with Crippen molar-refractivity contribution in [3.8, 4) is 0 Å². The average Bonchev–Trinajstić information content (AvgIpc) is 2.12. The van der Waals surface area contributed by atoms with Gasteiger partial charge in [-0.1, -0.05) is 12.0 Å². The van der Waals surface area contributed by atoms with Gasteiger partial charge in [0.2, 0.25) is 0 Å². The van der Waals surface area contributed by atoms with Crippen molar-refractivity contribution >= 4 is 5.97 Å². The van der Waals surface area contributed by atoms with Gasteiger partial charge in [-0.2, -0.15) is 0 Å². The monoisotopic (exact) mass is 185 g/mol. The Morgan fingerprint density at radius 1 is 1.69 bits per heavy atom. The average molecular weight is 185 g/mol. The molecule has 74 valence electrons. The zero-order valence-electron chi connectivity index (χ0n) is 8.06. The number of ether oxygens (including phenoxy) is 1. The standard InChI is InChI=1S/C8H15N3O2/c1-3-13-8(12)7(2)5-4-6-10-11-9/h7H,3-6H2,1-2H3. The van der Waals surface area contributed by atoms with Crippen molar-refractivity contribution in [3.05, 3.63) is 10.4 Å². The summed E-state index contributed by atoms with van der Waals surface area (Å²) in [4.78, 5) is 13.7. The summed E-state index contributed by atoms with van der Waals surface area (Å²) in [6, 6.07) is 0. The maximum absolute atomic E-state index is 11.1. The van der Waals surface area contributed by atoms with Crippen molar-refractivity contribution in [2.24, 2.45) is 11.0 Å². The second kappa shape index (κ2) is 7.43. The van der Waals surface area contributed by atoms with Gasteiger partial charge in [0, 0.05) is 11.5 Å². The van der Waals surface area contributed by atoms with Crippen molar-refractivity contribution in [1.82, 2.24) is 0 Å². The van der Waals surface area contributed by atoms with E-state index < -0.39 is 0 Å². The molecule has 0 saturated carbocycles. The van der Waals surface area contributed by atoms with Gasteiger partial charge < -0.3 is 4.74 Å². The number of hydrogen-bond acceptors (Lipinski definition) is 3. The first-order valence-corrected chi connectivity index (χ1v) is 4.39. The molecular weight excluding hydrogens is 170 g/mol. The highest BCUT2D eigenvalue weighted by Crippen LogP contribution is 2.07. The minimum atomic E-state index is -0.177. The lowest BCUT2D eigenvalue weighted by atomic mass is 10.1. The van der Waals surface area contributed by atoms with Crippen LogP contribution in [0, 0.1) is 5.92 Å². The lowest BCUT2D eigenvalue weighted by Crippen LogP contribution is -2.14. The number of esters is 1. The quantitative estimate of drug-likeness (QED) is 0.209. The third-order valence-corrected chi connectivity index (χ3v) is 1.65. The molecule has 0 saturated heterocycles. The van der Waals surface area contributed by atoms with Crippen LogP contribution in [-0.2, 0) is 9.53 Å². The largest absolute Gasteiger partial charge is 0.466 e. The Hall–Kier alpha value is -1.22. The van der Waals surface area contributed by atoms with Crippen LogP contribution in [0.25, 0.3) is 10.4 Å². The lowest BCUT2D eigenvalue weighted by molar-refractivity contribution is -0.147. The summed E-state index contributed by atoms with van der Waals surface area (Å²) >= 11 is 0. The van der Waals surface area contributed by atoms with Gasteiger partial charge in [0.1, 0.15) is 0 Å². The molecule has 0 radical (unpaired) electrons. The summed E-state index contributed by atoms with van der Waals surface area (Å²) in [7, 11) is 0. The third kappa shape index (κ3) is 5.99. The van der Waals surface area contributed by atoms with E-state index in [4.69, 9.17) is 10.3 Å². The van der Waals surface area contributed by atoms with E-state index in [1.165, 1.54) is 0 Å². The first kappa shape index (κ1) is 11.8. The predicted molar refractivity (Wildman–Crippen MR) is 49.0 cm³/mol. The maximum atomic E-state index is 11.1. The van der Waals surface area contributed by atoms with E-state index in [2.05, 4.69) is 10.0 Å². The molecule has 13 heavy (non-hydrogen) atoms. The molecule has 0 fully saturated rings. The van der Waals surface area contributed by atoms with E-state index in [0.29, 0.717) is 19.6 Å². The highest BCUT2D eigenvalue weighted by molar-refractivity contribution is 5.71. The van der Waals surface area contributed by atoms with E-state index in [-0.39, 0.29) is 11.9 Å². The van der Waals surface area contributed by atoms with Crippen LogP contribution < -0.4 is 0 Å². The Bertz CT molecular complexity index is 200. The fourth-order valence-electron chi connectivity index (χ4n) is 0.915. The normalized spacial score (nSPS) is 11.5. The molecule has 0 aromatic heterocycles. The highest BCUT2D eigenvalue weighted by Gasteiger charge is 2.12. The fourth-order valence-corrected chi connectivity index (χ4v) is 0.915. The van der Waals surface area contributed by atoms with Crippen molar-refractivity contribution in [1.29, 1.82) is 0 Å². The van der Waals surface area contributed by atoms with Crippen LogP contribution in [-0.4, -0.2) is 19.1 Å². The summed E-state index contributed by atoms with van der Waals surface area (Å²) in [6.07, 6.45) is 1.43. The Balaban J connectivity index is 3.54. The number of nitrogens with zero attached hydrogens (tertiary/aromatic N) is 3. The molecule has 1 atom stereocenters. The first-order chi connectivity index (χ1) is 6.22. The van der Waals surface area contributed by atoms with Crippen LogP contribution in [0.4, 0.5) is 0 Å². The maximum Gasteiger partial charge on any atom is 0.308 e.